The maximum Gasteiger partial charge on any atom is 0.194 e. The zero-order valence-corrected chi connectivity index (χ0v) is 17.1. The average molecular weight is 473 g/mol. The van der Waals surface area contributed by atoms with Gasteiger partial charge in [-0.05, 0) is 43.3 Å². The Morgan fingerprint density at radius 1 is 1.24 bits per heavy atom. The second-order valence-electron chi connectivity index (χ2n) is 5.71. The van der Waals surface area contributed by atoms with Gasteiger partial charge in [0.2, 0.25) is 0 Å². The quantitative estimate of drug-likeness (QED) is 0.653. The van der Waals surface area contributed by atoms with Gasteiger partial charge in [-0.2, -0.15) is 0 Å². The van der Waals surface area contributed by atoms with Gasteiger partial charge in [-0.3, -0.25) is 9.98 Å². The van der Waals surface area contributed by atoms with Gasteiger partial charge in [0.1, 0.15) is 11.9 Å². The highest BCUT2D eigenvalue weighted by atomic mass is 127. The van der Waals surface area contributed by atoms with Crippen molar-refractivity contribution in [3.05, 3.63) is 59.4 Å². The molecular weight excluding hydrogens is 451 g/mol. The molecule has 0 bridgehead atoms. The molecule has 25 heavy (non-hydrogen) atoms. The van der Waals surface area contributed by atoms with Crippen LogP contribution in [-0.4, -0.2) is 41.6 Å². The minimum atomic E-state index is 0. The van der Waals surface area contributed by atoms with Crippen LogP contribution in [0.2, 0.25) is 5.02 Å². The number of aromatic nitrogens is 1. The Bertz CT molecular complexity index is 681. The molecule has 0 unspecified atom stereocenters. The Labute approximate surface area is 170 Å². The highest BCUT2D eigenvalue weighted by Gasteiger charge is 2.18. The summed E-state index contributed by atoms with van der Waals surface area (Å²) in [6, 6.07) is 13.4. The predicted molar refractivity (Wildman–Crippen MR) is 112 cm³/mol. The number of aliphatic imine (C=N–C) groups is 1. The molecule has 0 spiro atoms. The summed E-state index contributed by atoms with van der Waals surface area (Å²) >= 11 is 5.88. The summed E-state index contributed by atoms with van der Waals surface area (Å²) in [5.41, 5.74) is 1.04. The van der Waals surface area contributed by atoms with Gasteiger partial charge in [-0.25, -0.2) is 0 Å². The molecule has 0 aliphatic carbocycles. The molecule has 1 aromatic carbocycles. The lowest BCUT2D eigenvalue weighted by atomic mass is 10.3. The van der Waals surface area contributed by atoms with E-state index >= 15 is 0 Å². The minimum absolute atomic E-state index is 0. The fraction of sp³-hybridized carbons (Fsp3) is 0.333. The van der Waals surface area contributed by atoms with Crippen LogP contribution in [0.5, 0.6) is 5.75 Å². The number of benzene rings is 1. The third kappa shape index (κ3) is 6.04. The van der Waals surface area contributed by atoms with Crippen molar-refractivity contribution >= 4 is 41.5 Å². The van der Waals surface area contributed by atoms with Crippen molar-refractivity contribution in [2.45, 2.75) is 19.6 Å². The molecule has 2 heterocycles. The Hall–Kier alpha value is -1.54. The van der Waals surface area contributed by atoms with E-state index in [0.717, 1.165) is 37.0 Å². The number of nitrogens with one attached hydrogen (secondary N) is 1. The Kier molecular flexibility index (Phi) is 7.77. The van der Waals surface area contributed by atoms with Gasteiger partial charge in [0.25, 0.3) is 0 Å². The number of guanidine groups is 1. The van der Waals surface area contributed by atoms with Crippen LogP contribution in [0, 0.1) is 0 Å². The zero-order chi connectivity index (χ0) is 16.8. The van der Waals surface area contributed by atoms with Crippen molar-refractivity contribution in [2.24, 2.45) is 4.99 Å². The van der Waals surface area contributed by atoms with E-state index in [1.165, 1.54) is 0 Å². The van der Waals surface area contributed by atoms with Crippen LogP contribution in [0.25, 0.3) is 0 Å². The summed E-state index contributed by atoms with van der Waals surface area (Å²) in [6.07, 6.45) is 1.84. The largest absolute Gasteiger partial charge is 0.489 e. The maximum atomic E-state index is 5.88. The summed E-state index contributed by atoms with van der Waals surface area (Å²) in [6.45, 7) is 5.19. The molecule has 1 aromatic heterocycles. The van der Waals surface area contributed by atoms with E-state index < -0.39 is 0 Å². The van der Waals surface area contributed by atoms with Crippen LogP contribution in [0.3, 0.4) is 0 Å². The highest BCUT2D eigenvalue weighted by Crippen LogP contribution is 2.16. The molecule has 7 heteroatoms. The van der Waals surface area contributed by atoms with Gasteiger partial charge in [-0.15, -0.1) is 24.0 Å². The third-order valence-corrected chi connectivity index (χ3v) is 3.96. The Morgan fingerprint density at radius 2 is 2.04 bits per heavy atom. The molecule has 2 aromatic rings. The van der Waals surface area contributed by atoms with E-state index in [1.54, 1.807) is 0 Å². The normalized spacial score (nSPS) is 14.5. The molecule has 1 aliphatic rings. The summed E-state index contributed by atoms with van der Waals surface area (Å²) in [4.78, 5) is 11.1. The van der Waals surface area contributed by atoms with Crippen molar-refractivity contribution in [1.82, 2.24) is 15.2 Å². The van der Waals surface area contributed by atoms with Gasteiger partial charge in [0, 0.05) is 17.8 Å². The fourth-order valence-electron chi connectivity index (χ4n) is 2.51. The van der Waals surface area contributed by atoms with Crippen molar-refractivity contribution in [1.29, 1.82) is 0 Å². The first-order valence-corrected chi connectivity index (χ1v) is 8.44. The van der Waals surface area contributed by atoms with Crippen molar-refractivity contribution in [2.75, 3.05) is 19.6 Å². The van der Waals surface area contributed by atoms with Gasteiger partial charge in [0.05, 0.1) is 25.3 Å². The topological polar surface area (TPSA) is 49.8 Å². The summed E-state index contributed by atoms with van der Waals surface area (Å²) in [5, 5.41) is 4.09. The minimum Gasteiger partial charge on any atom is -0.489 e. The number of ether oxygens (including phenoxy) is 1. The molecule has 134 valence electrons. The Balaban J connectivity index is 0.00000225. The van der Waals surface area contributed by atoms with E-state index in [4.69, 9.17) is 16.3 Å². The predicted octanol–water partition coefficient (Wildman–Crippen LogP) is 3.58. The van der Waals surface area contributed by atoms with Crippen LogP contribution in [-0.2, 0) is 6.54 Å². The molecule has 1 aliphatic heterocycles. The molecule has 1 N–H and O–H groups in total. The highest BCUT2D eigenvalue weighted by molar-refractivity contribution is 14.0. The first-order valence-electron chi connectivity index (χ1n) is 8.06. The van der Waals surface area contributed by atoms with Crippen molar-refractivity contribution in [3.63, 3.8) is 0 Å². The molecule has 5 nitrogen and oxygen atoms in total. The van der Waals surface area contributed by atoms with Crippen molar-refractivity contribution in [3.8, 4) is 5.75 Å². The van der Waals surface area contributed by atoms with E-state index in [-0.39, 0.29) is 30.1 Å². The van der Waals surface area contributed by atoms with Crippen LogP contribution in [0.4, 0.5) is 0 Å². The van der Waals surface area contributed by atoms with Crippen LogP contribution in [0.15, 0.2) is 53.7 Å². The maximum absolute atomic E-state index is 5.88. The SMILES string of the molecule is C[C@@H](CNC1=NCCN1Cc1ccccn1)Oc1ccc(Cl)cc1.I. The van der Waals surface area contributed by atoms with Gasteiger partial charge in [0.15, 0.2) is 5.96 Å². The lowest BCUT2D eigenvalue weighted by Crippen LogP contribution is -2.42. The van der Waals surface area contributed by atoms with Crippen molar-refractivity contribution < 1.29 is 4.74 Å². The number of hydrogen-bond donors (Lipinski definition) is 1. The van der Waals surface area contributed by atoms with Crippen LogP contribution in [0.1, 0.15) is 12.6 Å². The van der Waals surface area contributed by atoms with Gasteiger partial charge >= 0.3 is 0 Å². The van der Waals surface area contributed by atoms with E-state index in [1.807, 2.05) is 55.6 Å². The zero-order valence-electron chi connectivity index (χ0n) is 14.1. The summed E-state index contributed by atoms with van der Waals surface area (Å²) in [5.74, 6) is 1.72. The Morgan fingerprint density at radius 3 is 2.76 bits per heavy atom. The standard InChI is InChI=1S/C18H21ClN4O.HI/c1-14(24-17-7-5-15(19)6-8-17)12-22-18-21-10-11-23(18)13-16-4-2-3-9-20-16;/h2-9,14H,10-13H2,1H3,(H,21,22);1H/t14-;/m0./s1. The molecule has 1 atom stereocenters. The smallest absolute Gasteiger partial charge is 0.194 e. The first-order chi connectivity index (χ1) is 11.7. The molecule has 0 amide bonds. The molecule has 0 radical (unpaired) electrons. The van der Waals surface area contributed by atoms with E-state index in [2.05, 4.69) is 20.2 Å². The van der Waals surface area contributed by atoms with E-state index in [9.17, 15) is 0 Å². The molecule has 0 fully saturated rings. The van der Waals surface area contributed by atoms with Gasteiger partial charge < -0.3 is 15.0 Å². The van der Waals surface area contributed by atoms with Gasteiger partial charge in [-0.1, -0.05) is 17.7 Å². The fourth-order valence-corrected chi connectivity index (χ4v) is 2.64. The average Bonchev–Trinajstić information content (AvgIpc) is 3.03. The molecule has 0 saturated carbocycles. The lowest BCUT2D eigenvalue weighted by Gasteiger charge is -2.22. The van der Waals surface area contributed by atoms with Crippen LogP contribution < -0.4 is 10.1 Å². The third-order valence-electron chi connectivity index (χ3n) is 3.71. The second kappa shape index (κ2) is 9.82. The molecular formula is C18H22ClIN4O. The molecule has 0 saturated heterocycles. The number of pyridine rings is 1. The van der Waals surface area contributed by atoms with Crippen LogP contribution >= 0.6 is 35.6 Å². The first kappa shape index (κ1) is 19.8. The summed E-state index contributed by atoms with van der Waals surface area (Å²) < 4.78 is 5.88. The monoisotopic (exact) mass is 472 g/mol. The van der Waals surface area contributed by atoms with E-state index in [0.29, 0.717) is 11.6 Å². The molecule has 3 rings (SSSR count). The number of hydrogen-bond acceptors (Lipinski definition) is 5. The lowest BCUT2D eigenvalue weighted by molar-refractivity contribution is 0.222. The summed E-state index contributed by atoms with van der Waals surface area (Å²) in [7, 11) is 0. The second-order valence-corrected chi connectivity index (χ2v) is 6.15. The number of nitrogens with zero attached hydrogens (tertiary/aromatic N) is 3. The number of halogens is 2. The number of rotatable bonds is 6.